The Balaban J connectivity index is 2.09. The molecule has 0 unspecified atom stereocenters. The topological polar surface area (TPSA) is 55.6 Å². The van der Waals surface area contributed by atoms with Crippen LogP contribution in [-0.4, -0.2) is 26.6 Å². The molecule has 0 spiro atoms. The van der Waals surface area contributed by atoms with E-state index in [2.05, 4.69) is 20.3 Å². The van der Waals surface area contributed by atoms with Crippen LogP contribution in [0.3, 0.4) is 0 Å². The van der Waals surface area contributed by atoms with Crippen molar-refractivity contribution in [1.29, 1.82) is 0 Å². The molecule has 0 aliphatic rings. The molecule has 0 amide bonds. The molecule has 0 radical (unpaired) electrons. The van der Waals surface area contributed by atoms with E-state index in [1.54, 1.807) is 36.1 Å². The molecule has 0 aliphatic heterocycles. The number of imidazole rings is 1. The highest BCUT2D eigenvalue weighted by molar-refractivity contribution is 6.28. The summed E-state index contributed by atoms with van der Waals surface area (Å²) < 4.78 is 15.4. The average Bonchev–Trinajstić information content (AvgIpc) is 2.83. The molecule has 1 N–H and O–H groups in total. The van der Waals surface area contributed by atoms with Crippen molar-refractivity contribution < 1.29 is 4.39 Å². The van der Waals surface area contributed by atoms with Gasteiger partial charge in [0.25, 0.3) is 0 Å². The normalized spacial score (nSPS) is 10.9. The van der Waals surface area contributed by atoms with Crippen molar-refractivity contribution in [2.75, 3.05) is 12.4 Å². The summed E-state index contributed by atoms with van der Waals surface area (Å²) in [6, 6.07) is 6.60. The lowest BCUT2D eigenvalue weighted by Gasteiger charge is -2.06. The summed E-state index contributed by atoms with van der Waals surface area (Å²) >= 11 is 5.89. The first-order valence-corrected chi connectivity index (χ1v) is 6.36. The minimum Gasteiger partial charge on any atom is -0.371 e. The van der Waals surface area contributed by atoms with E-state index < -0.39 is 0 Å². The van der Waals surface area contributed by atoms with E-state index >= 15 is 0 Å². The lowest BCUT2D eigenvalue weighted by Crippen LogP contribution is -2.03. The van der Waals surface area contributed by atoms with Gasteiger partial charge in [0.15, 0.2) is 17.0 Å². The predicted molar refractivity (Wildman–Crippen MR) is 75.4 cm³/mol. The third kappa shape index (κ3) is 2.18. The SMILES string of the molecule is CNc1nc(Cl)nc2c1ncn2Cc1ccccc1F. The van der Waals surface area contributed by atoms with Crippen LogP contribution < -0.4 is 5.32 Å². The molecule has 2 heterocycles. The monoisotopic (exact) mass is 291 g/mol. The van der Waals surface area contributed by atoms with Gasteiger partial charge in [-0.05, 0) is 17.7 Å². The van der Waals surface area contributed by atoms with Crippen molar-refractivity contribution in [2.24, 2.45) is 0 Å². The molecule has 2 aromatic heterocycles. The number of nitrogens with zero attached hydrogens (tertiary/aromatic N) is 4. The van der Waals surface area contributed by atoms with E-state index in [-0.39, 0.29) is 11.1 Å². The molecule has 5 nitrogen and oxygen atoms in total. The first-order valence-electron chi connectivity index (χ1n) is 5.98. The maximum atomic E-state index is 13.7. The molecule has 0 aliphatic carbocycles. The van der Waals surface area contributed by atoms with Crippen LogP contribution in [0.2, 0.25) is 5.28 Å². The Morgan fingerprint density at radius 1 is 1.30 bits per heavy atom. The summed E-state index contributed by atoms with van der Waals surface area (Å²) in [6.07, 6.45) is 1.60. The van der Waals surface area contributed by atoms with Gasteiger partial charge in [0, 0.05) is 12.6 Å². The van der Waals surface area contributed by atoms with Crippen LogP contribution in [0.25, 0.3) is 11.2 Å². The molecule has 1 aromatic carbocycles. The molecule has 0 fully saturated rings. The zero-order valence-electron chi connectivity index (χ0n) is 10.6. The second kappa shape index (κ2) is 5.05. The van der Waals surface area contributed by atoms with Gasteiger partial charge in [-0.1, -0.05) is 18.2 Å². The molecule has 0 bridgehead atoms. The number of aromatic nitrogens is 4. The Morgan fingerprint density at radius 2 is 2.10 bits per heavy atom. The third-order valence-electron chi connectivity index (χ3n) is 2.97. The zero-order chi connectivity index (χ0) is 14.1. The molecule has 3 aromatic rings. The Bertz CT molecular complexity index is 771. The molecule has 0 atom stereocenters. The Labute approximate surface area is 119 Å². The van der Waals surface area contributed by atoms with Crippen LogP contribution >= 0.6 is 11.6 Å². The van der Waals surface area contributed by atoms with Crippen LogP contribution in [-0.2, 0) is 6.54 Å². The second-order valence-electron chi connectivity index (χ2n) is 4.23. The minimum absolute atomic E-state index is 0.122. The van der Waals surface area contributed by atoms with E-state index in [0.29, 0.717) is 29.1 Å². The predicted octanol–water partition coefficient (Wildman–Crippen LogP) is 2.71. The Hall–Kier alpha value is -2.21. The van der Waals surface area contributed by atoms with Gasteiger partial charge in [-0.2, -0.15) is 9.97 Å². The van der Waals surface area contributed by atoms with Gasteiger partial charge >= 0.3 is 0 Å². The summed E-state index contributed by atoms with van der Waals surface area (Å²) in [6.45, 7) is 0.333. The van der Waals surface area contributed by atoms with Gasteiger partial charge in [0.05, 0.1) is 12.9 Å². The zero-order valence-corrected chi connectivity index (χ0v) is 11.4. The molecule has 0 saturated carbocycles. The van der Waals surface area contributed by atoms with Crippen molar-refractivity contribution in [3.8, 4) is 0 Å². The minimum atomic E-state index is -0.261. The molecule has 7 heteroatoms. The van der Waals surface area contributed by atoms with Crippen LogP contribution in [0.4, 0.5) is 10.2 Å². The number of hydrogen-bond donors (Lipinski definition) is 1. The molecular weight excluding hydrogens is 281 g/mol. The summed E-state index contributed by atoms with van der Waals surface area (Å²) in [5.74, 6) is 0.288. The second-order valence-corrected chi connectivity index (χ2v) is 4.57. The van der Waals surface area contributed by atoms with Gasteiger partial charge in [0.1, 0.15) is 5.82 Å². The molecular formula is C13H11ClFN5. The Kier molecular flexibility index (Phi) is 3.23. The van der Waals surface area contributed by atoms with Gasteiger partial charge in [0.2, 0.25) is 5.28 Å². The van der Waals surface area contributed by atoms with Gasteiger partial charge in [-0.3, -0.25) is 0 Å². The van der Waals surface area contributed by atoms with Crippen molar-refractivity contribution in [1.82, 2.24) is 19.5 Å². The third-order valence-corrected chi connectivity index (χ3v) is 3.14. The van der Waals surface area contributed by atoms with Crippen molar-refractivity contribution in [2.45, 2.75) is 6.54 Å². The van der Waals surface area contributed by atoms with E-state index in [1.807, 2.05) is 0 Å². The number of fused-ring (bicyclic) bond motifs is 1. The summed E-state index contributed by atoms with van der Waals surface area (Å²) in [4.78, 5) is 12.5. The van der Waals surface area contributed by atoms with E-state index in [0.717, 1.165) is 0 Å². The number of nitrogens with one attached hydrogen (secondary N) is 1. The van der Waals surface area contributed by atoms with Gasteiger partial charge in [-0.15, -0.1) is 0 Å². The highest BCUT2D eigenvalue weighted by Crippen LogP contribution is 2.21. The highest BCUT2D eigenvalue weighted by atomic mass is 35.5. The maximum absolute atomic E-state index is 13.7. The molecule has 102 valence electrons. The molecule has 20 heavy (non-hydrogen) atoms. The van der Waals surface area contributed by atoms with Gasteiger partial charge < -0.3 is 9.88 Å². The van der Waals surface area contributed by atoms with Crippen molar-refractivity contribution in [3.05, 3.63) is 47.3 Å². The van der Waals surface area contributed by atoms with Crippen LogP contribution in [0.1, 0.15) is 5.56 Å². The molecule has 0 saturated heterocycles. The van der Waals surface area contributed by atoms with E-state index in [1.165, 1.54) is 6.07 Å². The summed E-state index contributed by atoms with van der Waals surface area (Å²) in [5, 5.41) is 3.04. The van der Waals surface area contributed by atoms with Crippen molar-refractivity contribution in [3.63, 3.8) is 0 Å². The summed E-state index contributed by atoms with van der Waals surface area (Å²) in [7, 11) is 1.73. The first kappa shape index (κ1) is 12.8. The fraction of sp³-hybridized carbons (Fsp3) is 0.154. The lowest BCUT2D eigenvalue weighted by atomic mass is 10.2. The first-order chi connectivity index (χ1) is 9.69. The number of anilines is 1. The van der Waals surface area contributed by atoms with Crippen molar-refractivity contribution >= 4 is 28.6 Å². The summed E-state index contributed by atoms with van der Waals surface area (Å²) in [5.41, 5.74) is 1.73. The fourth-order valence-electron chi connectivity index (χ4n) is 2.02. The van der Waals surface area contributed by atoms with E-state index in [9.17, 15) is 4.39 Å². The number of benzene rings is 1. The quantitative estimate of drug-likeness (QED) is 0.754. The standard InChI is InChI=1S/C13H11ClFN5/c1-16-11-10-12(19-13(14)18-11)20(7-17-10)6-8-4-2-3-5-9(8)15/h2-5,7H,6H2,1H3,(H,16,18,19). The average molecular weight is 292 g/mol. The fourth-order valence-corrected chi connectivity index (χ4v) is 2.18. The van der Waals surface area contributed by atoms with Crippen LogP contribution in [0, 0.1) is 5.82 Å². The van der Waals surface area contributed by atoms with Gasteiger partial charge in [-0.25, -0.2) is 9.37 Å². The number of hydrogen-bond acceptors (Lipinski definition) is 4. The number of halogens is 2. The largest absolute Gasteiger partial charge is 0.371 e. The van der Waals surface area contributed by atoms with Crippen LogP contribution in [0.5, 0.6) is 0 Å². The lowest BCUT2D eigenvalue weighted by molar-refractivity contribution is 0.601. The smallest absolute Gasteiger partial charge is 0.226 e. The number of rotatable bonds is 3. The van der Waals surface area contributed by atoms with Crippen LogP contribution in [0.15, 0.2) is 30.6 Å². The maximum Gasteiger partial charge on any atom is 0.226 e. The highest BCUT2D eigenvalue weighted by Gasteiger charge is 2.12. The molecule has 3 rings (SSSR count). The van der Waals surface area contributed by atoms with E-state index in [4.69, 9.17) is 11.6 Å². The Morgan fingerprint density at radius 3 is 2.85 bits per heavy atom.